The van der Waals surface area contributed by atoms with Crippen molar-refractivity contribution in [3.05, 3.63) is 69.9 Å². The fourth-order valence-corrected chi connectivity index (χ4v) is 3.17. The van der Waals surface area contributed by atoms with Crippen molar-refractivity contribution in [3.8, 4) is 11.5 Å². The van der Waals surface area contributed by atoms with Gasteiger partial charge in [0.2, 0.25) is 0 Å². The highest BCUT2D eigenvalue weighted by Crippen LogP contribution is 2.44. The van der Waals surface area contributed by atoms with Crippen molar-refractivity contribution in [2.45, 2.75) is 26.2 Å². The van der Waals surface area contributed by atoms with Crippen molar-refractivity contribution >= 4 is 23.5 Å². The third kappa shape index (κ3) is 3.58. The van der Waals surface area contributed by atoms with E-state index in [1.165, 1.54) is 0 Å². The molecule has 0 aliphatic carbocycles. The van der Waals surface area contributed by atoms with Crippen molar-refractivity contribution in [1.29, 1.82) is 0 Å². The summed E-state index contributed by atoms with van der Waals surface area (Å²) < 4.78 is 10.8. The number of halogens is 1. The fraction of sp³-hybridized carbons (Fsp3) is 0.200. The number of carboxylic acids is 1. The second-order valence-corrected chi connectivity index (χ2v) is 6.58. The third-order valence-corrected chi connectivity index (χ3v) is 4.67. The summed E-state index contributed by atoms with van der Waals surface area (Å²) in [6.45, 7) is 3.77. The topological polar surface area (TPSA) is 72.8 Å². The number of carbonyl (C=O) groups is 2. The smallest absolute Gasteiger partial charge is 0.422 e. The summed E-state index contributed by atoms with van der Waals surface area (Å²) in [6.07, 6.45) is 2.25. The number of esters is 1. The van der Waals surface area contributed by atoms with E-state index in [1.54, 1.807) is 12.3 Å². The Bertz CT molecular complexity index is 916. The summed E-state index contributed by atoms with van der Waals surface area (Å²) in [6, 6.07) is 11.0. The molecule has 0 saturated heterocycles. The molecular formula is C20H17ClO5. The molecular weight excluding hydrogens is 356 g/mol. The molecule has 0 radical (unpaired) electrons. The zero-order chi connectivity index (χ0) is 18.8. The Morgan fingerprint density at radius 2 is 2.00 bits per heavy atom. The van der Waals surface area contributed by atoms with Crippen LogP contribution in [0.2, 0.25) is 5.02 Å². The molecule has 0 amide bonds. The highest BCUT2D eigenvalue weighted by molar-refractivity contribution is 6.31. The Morgan fingerprint density at radius 1 is 1.27 bits per heavy atom. The number of hydrogen-bond acceptors (Lipinski definition) is 4. The lowest BCUT2D eigenvalue weighted by Crippen LogP contribution is -2.21. The van der Waals surface area contributed by atoms with Gasteiger partial charge in [0.1, 0.15) is 11.5 Å². The summed E-state index contributed by atoms with van der Waals surface area (Å²) >= 11 is 6.24. The number of carboxylic acid groups (broad SMARTS) is 1. The van der Waals surface area contributed by atoms with Crippen LogP contribution in [0.25, 0.3) is 0 Å². The first-order chi connectivity index (χ1) is 12.4. The summed E-state index contributed by atoms with van der Waals surface area (Å²) in [7, 11) is 0. The first kappa shape index (κ1) is 18.0. The Kier molecular flexibility index (Phi) is 5.00. The van der Waals surface area contributed by atoms with Gasteiger partial charge >= 0.3 is 11.9 Å². The van der Waals surface area contributed by atoms with E-state index in [2.05, 4.69) is 0 Å². The predicted molar refractivity (Wildman–Crippen MR) is 96.7 cm³/mol. The number of rotatable bonds is 3. The monoisotopic (exact) mass is 372 g/mol. The molecule has 6 heteroatoms. The lowest BCUT2D eigenvalue weighted by Gasteiger charge is -2.26. The molecule has 26 heavy (non-hydrogen) atoms. The van der Waals surface area contributed by atoms with Crippen LogP contribution in [0.3, 0.4) is 0 Å². The number of hydrogen-bond donors (Lipinski definition) is 1. The molecule has 1 N–H and O–H groups in total. The van der Waals surface area contributed by atoms with E-state index in [4.69, 9.17) is 26.2 Å². The van der Waals surface area contributed by atoms with E-state index in [0.29, 0.717) is 22.8 Å². The molecule has 2 aromatic rings. The number of benzene rings is 2. The highest BCUT2D eigenvalue weighted by atomic mass is 35.5. The van der Waals surface area contributed by atoms with Crippen LogP contribution in [0.1, 0.15) is 29.5 Å². The van der Waals surface area contributed by atoms with Gasteiger partial charge in [-0.2, -0.15) is 0 Å². The van der Waals surface area contributed by atoms with Gasteiger partial charge in [-0.25, -0.2) is 9.59 Å². The zero-order valence-corrected chi connectivity index (χ0v) is 15.0. The summed E-state index contributed by atoms with van der Waals surface area (Å²) in [5.74, 6) is -2.35. The van der Waals surface area contributed by atoms with Gasteiger partial charge in [0.15, 0.2) is 0 Å². The van der Waals surface area contributed by atoms with Crippen LogP contribution in [0, 0.1) is 6.92 Å². The number of aliphatic carboxylic acids is 1. The van der Waals surface area contributed by atoms with Gasteiger partial charge in [0, 0.05) is 16.5 Å². The van der Waals surface area contributed by atoms with E-state index >= 15 is 0 Å². The molecule has 3 rings (SSSR count). The molecule has 1 unspecified atom stereocenters. The first-order valence-electron chi connectivity index (χ1n) is 8.05. The van der Waals surface area contributed by atoms with Crippen molar-refractivity contribution in [2.75, 3.05) is 0 Å². The van der Waals surface area contributed by atoms with Gasteiger partial charge in [0.05, 0.1) is 6.26 Å². The van der Waals surface area contributed by atoms with Crippen molar-refractivity contribution < 1.29 is 24.2 Å². The van der Waals surface area contributed by atoms with Gasteiger partial charge in [-0.1, -0.05) is 36.7 Å². The average Bonchev–Trinajstić information content (AvgIpc) is 2.58. The van der Waals surface area contributed by atoms with Crippen molar-refractivity contribution in [3.63, 3.8) is 0 Å². The van der Waals surface area contributed by atoms with Crippen molar-refractivity contribution in [1.82, 2.24) is 0 Å². The van der Waals surface area contributed by atoms with E-state index < -0.39 is 11.9 Å². The van der Waals surface area contributed by atoms with Crippen LogP contribution < -0.4 is 9.47 Å². The lowest BCUT2D eigenvalue weighted by molar-refractivity contribution is -0.158. The zero-order valence-electron chi connectivity index (χ0n) is 14.3. The van der Waals surface area contributed by atoms with Crippen LogP contribution >= 0.6 is 11.6 Å². The molecule has 0 bridgehead atoms. The highest BCUT2D eigenvalue weighted by Gasteiger charge is 2.28. The van der Waals surface area contributed by atoms with E-state index in [9.17, 15) is 9.59 Å². The molecule has 5 nitrogen and oxygen atoms in total. The van der Waals surface area contributed by atoms with Gasteiger partial charge in [-0.15, -0.1) is 0 Å². The van der Waals surface area contributed by atoms with Crippen LogP contribution in [0.4, 0.5) is 0 Å². The molecule has 1 aliphatic heterocycles. The molecule has 0 fully saturated rings. The number of aryl methyl sites for hydroxylation is 1. The Hall–Kier alpha value is -2.79. The number of allylic oxidation sites excluding steroid dienone is 1. The normalized spacial score (nSPS) is 15.5. The summed E-state index contributed by atoms with van der Waals surface area (Å²) in [5, 5.41) is 9.49. The van der Waals surface area contributed by atoms with Crippen LogP contribution in [0.15, 0.2) is 48.2 Å². The van der Waals surface area contributed by atoms with Crippen LogP contribution in [-0.4, -0.2) is 17.0 Å². The second kappa shape index (κ2) is 7.22. The molecule has 2 aromatic carbocycles. The minimum Gasteiger partial charge on any atom is -0.473 e. The Balaban J connectivity index is 1.95. The Morgan fingerprint density at radius 3 is 2.69 bits per heavy atom. The molecule has 1 atom stereocenters. The molecule has 1 aliphatic rings. The predicted octanol–water partition coefficient (Wildman–Crippen LogP) is 4.26. The third-order valence-electron chi connectivity index (χ3n) is 4.30. The molecule has 0 saturated carbocycles. The minimum absolute atomic E-state index is 0.132. The quantitative estimate of drug-likeness (QED) is 0.495. The molecule has 0 aromatic heterocycles. The van der Waals surface area contributed by atoms with Gasteiger partial charge < -0.3 is 14.6 Å². The number of fused-ring (bicyclic) bond motifs is 1. The second-order valence-electron chi connectivity index (χ2n) is 6.17. The average molecular weight is 373 g/mol. The Labute approximate surface area is 155 Å². The molecule has 1 heterocycles. The summed E-state index contributed by atoms with van der Waals surface area (Å²) in [4.78, 5) is 22.4. The molecule has 0 spiro atoms. The maximum atomic E-state index is 11.5. The van der Waals surface area contributed by atoms with Crippen LogP contribution in [0.5, 0.6) is 11.5 Å². The molecule has 134 valence electrons. The van der Waals surface area contributed by atoms with Gasteiger partial charge in [-0.05, 0) is 48.2 Å². The van der Waals surface area contributed by atoms with E-state index in [0.717, 1.165) is 16.7 Å². The minimum atomic E-state index is -1.64. The maximum absolute atomic E-state index is 11.5. The largest absolute Gasteiger partial charge is 0.473 e. The van der Waals surface area contributed by atoms with E-state index in [-0.39, 0.29) is 11.7 Å². The standard InChI is InChI=1S/C20H17ClO5/c1-11-7-16-18(17(8-11)26-20(24)19(22)23)12(2)14(10-25-16)9-13-5-3-4-6-15(13)21/h3-8,10,12H,9H2,1-2H3,(H,22,23). The maximum Gasteiger partial charge on any atom is 0.422 e. The SMILES string of the molecule is Cc1cc2c(c(OC(=O)C(=O)O)c1)C(C)C(Cc1ccccc1Cl)=CO2. The first-order valence-corrected chi connectivity index (χ1v) is 8.43. The summed E-state index contributed by atoms with van der Waals surface area (Å²) in [5.41, 5.74) is 3.35. The lowest BCUT2D eigenvalue weighted by atomic mass is 9.86. The fourth-order valence-electron chi connectivity index (χ4n) is 2.97. The number of carbonyl (C=O) groups excluding carboxylic acids is 1. The van der Waals surface area contributed by atoms with E-state index in [1.807, 2.05) is 44.2 Å². The van der Waals surface area contributed by atoms with Gasteiger partial charge in [-0.3, -0.25) is 0 Å². The van der Waals surface area contributed by atoms with Gasteiger partial charge in [0.25, 0.3) is 0 Å². The van der Waals surface area contributed by atoms with Crippen molar-refractivity contribution in [2.24, 2.45) is 0 Å². The number of ether oxygens (including phenoxy) is 2. The van der Waals surface area contributed by atoms with Crippen LogP contribution in [-0.2, 0) is 16.0 Å².